The van der Waals surface area contributed by atoms with Crippen molar-refractivity contribution < 1.29 is 4.74 Å². The fourth-order valence-electron chi connectivity index (χ4n) is 1.20. The molecular formula is C11H8Cl3N3O. The van der Waals surface area contributed by atoms with E-state index in [1.807, 2.05) is 0 Å². The molecule has 1 heterocycles. The van der Waals surface area contributed by atoms with E-state index in [9.17, 15) is 0 Å². The zero-order valence-corrected chi connectivity index (χ0v) is 11.5. The molecule has 94 valence electrons. The van der Waals surface area contributed by atoms with Gasteiger partial charge in [-0.2, -0.15) is 4.98 Å². The van der Waals surface area contributed by atoms with E-state index in [4.69, 9.17) is 39.5 Å². The monoisotopic (exact) mass is 303 g/mol. The van der Waals surface area contributed by atoms with Crippen molar-refractivity contribution in [3.05, 3.63) is 39.5 Å². The molecule has 0 aliphatic carbocycles. The maximum absolute atomic E-state index is 5.94. The second-order valence-corrected chi connectivity index (χ2v) is 4.50. The van der Waals surface area contributed by atoms with Crippen LogP contribution in [0.25, 0.3) is 0 Å². The molecule has 0 aliphatic rings. The van der Waals surface area contributed by atoms with Crippen LogP contribution in [-0.4, -0.2) is 17.0 Å². The molecule has 4 nitrogen and oxygen atoms in total. The van der Waals surface area contributed by atoms with Gasteiger partial charge in [0, 0.05) is 13.1 Å². The Hall–Kier alpha value is -1.23. The molecule has 0 aliphatic heterocycles. The first-order valence-electron chi connectivity index (χ1n) is 4.93. The second kappa shape index (κ2) is 5.61. The third-order valence-corrected chi connectivity index (χ3v) is 3.04. The van der Waals surface area contributed by atoms with Crippen molar-refractivity contribution in [3.8, 4) is 11.6 Å². The summed E-state index contributed by atoms with van der Waals surface area (Å²) in [6.45, 7) is 0. The molecule has 2 rings (SSSR count). The van der Waals surface area contributed by atoms with E-state index in [-0.39, 0.29) is 5.88 Å². The summed E-state index contributed by atoms with van der Waals surface area (Å²) in [5.74, 6) is 1.15. The Kier molecular flexibility index (Phi) is 4.11. The van der Waals surface area contributed by atoms with E-state index in [0.29, 0.717) is 26.8 Å². The van der Waals surface area contributed by atoms with Gasteiger partial charge < -0.3 is 10.1 Å². The van der Waals surface area contributed by atoms with E-state index in [2.05, 4.69) is 15.3 Å². The number of halogens is 3. The first-order chi connectivity index (χ1) is 8.60. The van der Waals surface area contributed by atoms with Gasteiger partial charge in [0.2, 0.25) is 11.8 Å². The molecule has 18 heavy (non-hydrogen) atoms. The number of nitrogens with one attached hydrogen (secondary N) is 1. The van der Waals surface area contributed by atoms with Gasteiger partial charge in [-0.05, 0) is 12.1 Å². The fraction of sp³-hybridized carbons (Fsp3) is 0.0909. The Balaban J connectivity index is 2.30. The molecule has 0 atom stereocenters. The summed E-state index contributed by atoms with van der Waals surface area (Å²) in [4.78, 5) is 8.04. The predicted octanol–water partition coefficient (Wildman–Crippen LogP) is 4.27. The summed E-state index contributed by atoms with van der Waals surface area (Å²) in [5.41, 5.74) is 0. The van der Waals surface area contributed by atoms with Crippen LogP contribution in [0.2, 0.25) is 15.1 Å². The number of anilines is 1. The smallest absolute Gasteiger partial charge is 0.243 e. The van der Waals surface area contributed by atoms with E-state index in [1.54, 1.807) is 25.2 Å². The van der Waals surface area contributed by atoms with Crippen LogP contribution >= 0.6 is 34.8 Å². The van der Waals surface area contributed by atoms with Crippen molar-refractivity contribution in [2.24, 2.45) is 0 Å². The summed E-state index contributed by atoms with van der Waals surface area (Å²) < 4.78 is 5.52. The van der Waals surface area contributed by atoms with Gasteiger partial charge in [0.1, 0.15) is 10.8 Å². The van der Waals surface area contributed by atoms with Gasteiger partial charge in [0.05, 0.1) is 16.2 Å². The molecule has 2 aromatic rings. The first kappa shape index (κ1) is 13.2. The Bertz CT molecular complexity index is 577. The predicted molar refractivity (Wildman–Crippen MR) is 73.1 cm³/mol. The van der Waals surface area contributed by atoms with E-state index in [1.165, 1.54) is 6.20 Å². The van der Waals surface area contributed by atoms with Crippen molar-refractivity contribution in [1.82, 2.24) is 9.97 Å². The minimum Gasteiger partial charge on any atom is -0.437 e. The highest BCUT2D eigenvalue weighted by Gasteiger charge is 2.08. The highest BCUT2D eigenvalue weighted by atomic mass is 35.5. The van der Waals surface area contributed by atoms with E-state index in [0.717, 1.165) is 0 Å². The SMILES string of the molecule is CNc1ncc(Cl)c(Oc2ccc(Cl)c(Cl)c2)n1. The average Bonchev–Trinajstić information content (AvgIpc) is 2.36. The largest absolute Gasteiger partial charge is 0.437 e. The van der Waals surface area contributed by atoms with Crippen LogP contribution in [0.4, 0.5) is 5.95 Å². The zero-order chi connectivity index (χ0) is 13.1. The third-order valence-electron chi connectivity index (χ3n) is 2.04. The molecule has 0 unspecified atom stereocenters. The Morgan fingerprint density at radius 2 is 1.89 bits per heavy atom. The average molecular weight is 305 g/mol. The number of rotatable bonds is 3. The standard InChI is InChI=1S/C11H8Cl3N3O/c1-15-11-16-5-9(14)10(17-11)18-6-2-3-7(12)8(13)4-6/h2-5H,1H3,(H,15,16,17). The topological polar surface area (TPSA) is 47.0 Å². The summed E-state index contributed by atoms with van der Waals surface area (Å²) in [6, 6.07) is 4.89. The zero-order valence-electron chi connectivity index (χ0n) is 9.25. The molecule has 0 radical (unpaired) electrons. The minimum atomic E-state index is 0.245. The maximum atomic E-state index is 5.94. The molecule has 0 saturated heterocycles. The molecule has 1 aromatic heterocycles. The van der Waals surface area contributed by atoms with Crippen LogP contribution in [0.15, 0.2) is 24.4 Å². The van der Waals surface area contributed by atoms with Crippen LogP contribution < -0.4 is 10.1 Å². The van der Waals surface area contributed by atoms with Crippen LogP contribution in [-0.2, 0) is 0 Å². The highest BCUT2D eigenvalue weighted by Crippen LogP contribution is 2.31. The second-order valence-electron chi connectivity index (χ2n) is 3.27. The number of ether oxygens (including phenoxy) is 1. The Labute approximate surface area is 119 Å². The van der Waals surface area contributed by atoms with Crippen molar-refractivity contribution in [3.63, 3.8) is 0 Å². The van der Waals surface area contributed by atoms with Crippen LogP contribution in [0.5, 0.6) is 11.6 Å². The molecular weight excluding hydrogens is 296 g/mol. The molecule has 1 aromatic carbocycles. The number of aromatic nitrogens is 2. The van der Waals surface area contributed by atoms with Gasteiger partial charge in [0.25, 0.3) is 0 Å². The van der Waals surface area contributed by atoms with Gasteiger partial charge in [-0.1, -0.05) is 34.8 Å². The van der Waals surface area contributed by atoms with Crippen molar-refractivity contribution in [2.75, 3.05) is 12.4 Å². The van der Waals surface area contributed by atoms with Crippen LogP contribution in [0.3, 0.4) is 0 Å². The molecule has 7 heteroatoms. The molecule has 0 spiro atoms. The third kappa shape index (κ3) is 2.96. The normalized spacial score (nSPS) is 10.2. The molecule has 0 amide bonds. The number of benzene rings is 1. The van der Waals surface area contributed by atoms with Gasteiger partial charge in [-0.3, -0.25) is 0 Å². The Morgan fingerprint density at radius 3 is 2.56 bits per heavy atom. The van der Waals surface area contributed by atoms with Gasteiger partial charge in [0.15, 0.2) is 0 Å². The maximum Gasteiger partial charge on any atom is 0.243 e. The summed E-state index contributed by atoms with van der Waals surface area (Å²) in [5, 5.41) is 3.95. The first-order valence-corrected chi connectivity index (χ1v) is 6.06. The lowest BCUT2D eigenvalue weighted by molar-refractivity contribution is 0.463. The lowest BCUT2D eigenvalue weighted by Gasteiger charge is -2.08. The summed E-state index contributed by atoms with van der Waals surface area (Å²) in [7, 11) is 1.70. The number of nitrogens with zero attached hydrogens (tertiary/aromatic N) is 2. The minimum absolute atomic E-state index is 0.245. The van der Waals surface area contributed by atoms with Gasteiger partial charge in [-0.15, -0.1) is 0 Å². The fourth-order valence-corrected chi connectivity index (χ4v) is 1.61. The van der Waals surface area contributed by atoms with Crippen LogP contribution in [0, 0.1) is 0 Å². The van der Waals surface area contributed by atoms with E-state index >= 15 is 0 Å². The van der Waals surface area contributed by atoms with Gasteiger partial charge >= 0.3 is 0 Å². The van der Waals surface area contributed by atoms with Crippen molar-refractivity contribution in [1.29, 1.82) is 0 Å². The summed E-state index contributed by atoms with van der Waals surface area (Å²) >= 11 is 17.6. The van der Waals surface area contributed by atoms with Crippen molar-refractivity contribution >= 4 is 40.8 Å². The summed E-state index contributed by atoms with van der Waals surface area (Å²) in [6.07, 6.45) is 1.45. The lowest BCUT2D eigenvalue weighted by atomic mass is 10.3. The van der Waals surface area contributed by atoms with E-state index < -0.39 is 0 Å². The number of hydrogen-bond donors (Lipinski definition) is 1. The molecule has 0 bridgehead atoms. The Morgan fingerprint density at radius 1 is 1.11 bits per heavy atom. The quantitative estimate of drug-likeness (QED) is 0.920. The molecule has 1 N–H and O–H groups in total. The molecule has 0 fully saturated rings. The molecule has 0 saturated carbocycles. The number of hydrogen-bond acceptors (Lipinski definition) is 4. The lowest BCUT2D eigenvalue weighted by Crippen LogP contribution is -1.98. The van der Waals surface area contributed by atoms with Crippen molar-refractivity contribution in [2.45, 2.75) is 0 Å². The van der Waals surface area contributed by atoms with Gasteiger partial charge in [-0.25, -0.2) is 4.98 Å². The highest BCUT2D eigenvalue weighted by molar-refractivity contribution is 6.42. The van der Waals surface area contributed by atoms with Crippen LogP contribution in [0.1, 0.15) is 0 Å².